The number of nitrogens with zero attached hydrogens (tertiary/aromatic N) is 2. The van der Waals surface area contributed by atoms with Gasteiger partial charge in [0.2, 0.25) is 0 Å². The summed E-state index contributed by atoms with van der Waals surface area (Å²) in [6.07, 6.45) is -2.62. The van der Waals surface area contributed by atoms with Gasteiger partial charge in [0, 0.05) is 12.7 Å². The lowest BCUT2D eigenvalue weighted by atomic mass is 10.1. The summed E-state index contributed by atoms with van der Waals surface area (Å²) in [4.78, 5) is 11.9. The van der Waals surface area contributed by atoms with Crippen LogP contribution >= 0.6 is 0 Å². The van der Waals surface area contributed by atoms with Gasteiger partial charge in [-0.2, -0.15) is 18.3 Å². The van der Waals surface area contributed by atoms with Crippen molar-refractivity contribution in [3.63, 3.8) is 0 Å². The van der Waals surface area contributed by atoms with Crippen molar-refractivity contribution in [1.82, 2.24) is 15.1 Å². The molecule has 0 spiro atoms. The van der Waals surface area contributed by atoms with E-state index in [9.17, 15) is 18.0 Å². The largest absolute Gasteiger partial charge is 0.408 e. The second-order valence-corrected chi connectivity index (χ2v) is 4.48. The fourth-order valence-corrected chi connectivity index (χ4v) is 1.88. The third-order valence-electron chi connectivity index (χ3n) is 2.82. The molecule has 0 unspecified atom stereocenters. The first-order valence-electron chi connectivity index (χ1n) is 6.36. The van der Waals surface area contributed by atoms with Crippen LogP contribution in [-0.2, 0) is 13.0 Å². The third kappa shape index (κ3) is 4.62. The quantitative estimate of drug-likeness (QED) is 0.921. The minimum atomic E-state index is -4.41. The number of halogens is 3. The van der Waals surface area contributed by atoms with Gasteiger partial charge in [-0.3, -0.25) is 9.48 Å². The highest BCUT2D eigenvalue weighted by atomic mass is 19.4. The molecule has 112 valence electrons. The maximum Gasteiger partial charge on any atom is 0.408 e. The van der Waals surface area contributed by atoms with Crippen molar-refractivity contribution in [2.45, 2.75) is 19.1 Å². The van der Waals surface area contributed by atoms with E-state index in [-0.39, 0.29) is 5.69 Å². The fourth-order valence-electron chi connectivity index (χ4n) is 1.88. The summed E-state index contributed by atoms with van der Waals surface area (Å²) in [6.45, 7) is -0.929. The molecular formula is C14H14F3N3O. The number of aromatic nitrogens is 2. The summed E-state index contributed by atoms with van der Waals surface area (Å²) in [6, 6.07) is 10.8. The molecule has 1 aromatic carbocycles. The number of alkyl halides is 3. The molecule has 2 aromatic rings. The van der Waals surface area contributed by atoms with E-state index >= 15 is 0 Å². The summed E-state index contributed by atoms with van der Waals surface area (Å²) in [5.74, 6) is -0.562. The average Bonchev–Trinajstić information content (AvgIpc) is 2.86. The van der Waals surface area contributed by atoms with Gasteiger partial charge < -0.3 is 5.32 Å². The van der Waals surface area contributed by atoms with Gasteiger partial charge in [0.05, 0.1) is 0 Å². The van der Waals surface area contributed by atoms with Crippen molar-refractivity contribution in [2.75, 3.05) is 6.54 Å². The summed E-state index contributed by atoms with van der Waals surface area (Å²) < 4.78 is 37.7. The van der Waals surface area contributed by atoms with Gasteiger partial charge in [0.15, 0.2) is 0 Å². The fraction of sp³-hybridized carbons (Fsp3) is 0.286. The van der Waals surface area contributed by atoms with Gasteiger partial charge in [0.25, 0.3) is 5.91 Å². The van der Waals surface area contributed by atoms with Crippen molar-refractivity contribution in [3.8, 4) is 0 Å². The molecule has 0 radical (unpaired) electrons. The molecule has 1 N–H and O–H groups in total. The lowest BCUT2D eigenvalue weighted by Gasteiger charge is -2.10. The van der Waals surface area contributed by atoms with Gasteiger partial charge >= 0.3 is 6.18 Å². The van der Waals surface area contributed by atoms with Crippen LogP contribution in [0.15, 0.2) is 42.6 Å². The van der Waals surface area contributed by atoms with Crippen molar-refractivity contribution in [2.24, 2.45) is 0 Å². The topological polar surface area (TPSA) is 46.9 Å². The number of nitrogens with one attached hydrogen (secondary N) is 1. The molecule has 0 saturated carbocycles. The summed E-state index contributed by atoms with van der Waals surface area (Å²) in [7, 11) is 0. The number of carbonyl (C=O) groups is 1. The standard InChI is InChI=1S/C14H14F3N3O/c15-14(16,17)10-20-12(7-9-19-20)13(21)18-8-6-11-4-2-1-3-5-11/h1-5,7,9H,6,8,10H2,(H,18,21). The lowest BCUT2D eigenvalue weighted by molar-refractivity contribution is -0.142. The van der Waals surface area contributed by atoms with E-state index in [1.807, 2.05) is 30.3 Å². The van der Waals surface area contributed by atoms with Crippen LogP contribution in [0.1, 0.15) is 16.1 Å². The summed E-state index contributed by atoms with van der Waals surface area (Å²) in [5, 5.41) is 6.12. The van der Waals surface area contributed by atoms with Gasteiger partial charge in [0.1, 0.15) is 12.2 Å². The molecule has 0 bridgehead atoms. The van der Waals surface area contributed by atoms with E-state index in [0.717, 1.165) is 5.56 Å². The molecule has 0 aliphatic carbocycles. The van der Waals surface area contributed by atoms with Crippen LogP contribution in [-0.4, -0.2) is 28.4 Å². The Labute approximate surface area is 119 Å². The Hall–Kier alpha value is -2.31. The normalized spacial score (nSPS) is 11.4. The van der Waals surface area contributed by atoms with E-state index in [1.54, 1.807) is 0 Å². The summed E-state index contributed by atoms with van der Waals surface area (Å²) in [5.41, 5.74) is 0.946. The minimum Gasteiger partial charge on any atom is -0.350 e. The Kier molecular flexibility index (Phi) is 4.62. The number of rotatable bonds is 5. The molecular weight excluding hydrogens is 283 g/mol. The number of benzene rings is 1. The van der Waals surface area contributed by atoms with Gasteiger partial charge in [-0.05, 0) is 18.1 Å². The number of carbonyl (C=O) groups excluding carboxylic acids is 1. The number of amides is 1. The molecule has 0 atom stereocenters. The van der Waals surface area contributed by atoms with Crippen molar-refractivity contribution in [3.05, 3.63) is 53.9 Å². The Balaban J connectivity index is 1.91. The van der Waals surface area contributed by atoms with Crippen LogP contribution in [0.3, 0.4) is 0 Å². The minimum absolute atomic E-state index is 0.0969. The first kappa shape index (κ1) is 15.1. The Morgan fingerprint density at radius 1 is 1.19 bits per heavy atom. The SMILES string of the molecule is O=C(NCCc1ccccc1)c1ccnn1CC(F)(F)F. The van der Waals surface area contributed by atoms with Crippen LogP contribution in [0.2, 0.25) is 0 Å². The van der Waals surface area contributed by atoms with E-state index < -0.39 is 18.6 Å². The molecule has 0 fully saturated rings. The average molecular weight is 297 g/mol. The Morgan fingerprint density at radius 3 is 2.57 bits per heavy atom. The highest BCUT2D eigenvalue weighted by molar-refractivity contribution is 5.92. The molecule has 2 rings (SSSR count). The van der Waals surface area contributed by atoms with Crippen LogP contribution in [0, 0.1) is 0 Å². The molecule has 1 aromatic heterocycles. The molecule has 0 aliphatic rings. The van der Waals surface area contributed by atoms with E-state index in [2.05, 4.69) is 10.4 Å². The second kappa shape index (κ2) is 6.43. The van der Waals surface area contributed by atoms with Crippen molar-refractivity contribution < 1.29 is 18.0 Å². The van der Waals surface area contributed by atoms with Crippen molar-refractivity contribution in [1.29, 1.82) is 0 Å². The smallest absolute Gasteiger partial charge is 0.350 e. The van der Waals surface area contributed by atoms with Crippen molar-refractivity contribution >= 4 is 5.91 Å². The lowest BCUT2D eigenvalue weighted by Crippen LogP contribution is -2.30. The zero-order chi connectivity index (χ0) is 15.3. The zero-order valence-electron chi connectivity index (χ0n) is 11.1. The maximum absolute atomic E-state index is 12.3. The zero-order valence-corrected chi connectivity index (χ0v) is 11.1. The highest BCUT2D eigenvalue weighted by Crippen LogP contribution is 2.17. The first-order chi connectivity index (χ1) is 9.96. The highest BCUT2D eigenvalue weighted by Gasteiger charge is 2.30. The molecule has 0 aliphatic heterocycles. The van der Waals surface area contributed by atoms with Gasteiger partial charge in [-0.15, -0.1) is 0 Å². The van der Waals surface area contributed by atoms with E-state index in [0.29, 0.717) is 17.6 Å². The third-order valence-corrected chi connectivity index (χ3v) is 2.82. The molecule has 21 heavy (non-hydrogen) atoms. The maximum atomic E-state index is 12.3. The van der Waals surface area contributed by atoms with Crippen LogP contribution in [0.25, 0.3) is 0 Å². The second-order valence-electron chi connectivity index (χ2n) is 4.48. The van der Waals surface area contributed by atoms with E-state index in [4.69, 9.17) is 0 Å². The monoisotopic (exact) mass is 297 g/mol. The molecule has 7 heteroatoms. The number of hydrogen-bond acceptors (Lipinski definition) is 2. The summed E-state index contributed by atoms with van der Waals surface area (Å²) >= 11 is 0. The molecule has 1 amide bonds. The van der Waals surface area contributed by atoms with Crippen LogP contribution < -0.4 is 5.32 Å². The Morgan fingerprint density at radius 2 is 1.90 bits per heavy atom. The van der Waals surface area contributed by atoms with Crippen LogP contribution in [0.5, 0.6) is 0 Å². The van der Waals surface area contributed by atoms with Crippen LogP contribution in [0.4, 0.5) is 13.2 Å². The predicted octanol–water partition coefficient (Wildman–Crippen LogP) is 2.42. The molecule has 4 nitrogen and oxygen atoms in total. The molecule has 0 saturated heterocycles. The first-order valence-corrected chi connectivity index (χ1v) is 6.36. The van der Waals surface area contributed by atoms with Gasteiger partial charge in [-0.25, -0.2) is 0 Å². The van der Waals surface area contributed by atoms with E-state index in [1.165, 1.54) is 12.3 Å². The Bertz CT molecular complexity index is 593. The van der Waals surface area contributed by atoms with Gasteiger partial charge in [-0.1, -0.05) is 30.3 Å². The number of hydrogen-bond donors (Lipinski definition) is 1. The molecule has 1 heterocycles. The predicted molar refractivity (Wildman–Crippen MR) is 70.8 cm³/mol.